The Labute approximate surface area is 95.2 Å². The number of nitrogens with one attached hydrogen (secondary N) is 1. The van der Waals surface area contributed by atoms with E-state index in [9.17, 15) is 4.79 Å². The first-order valence-electron chi connectivity index (χ1n) is 5.27. The zero-order valence-corrected chi connectivity index (χ0v) is 9.56. The summed E-state index contributed by atoms with van der Waals surface area (Å²) in [4.78, 5) is 16.1. The maximum atomic E-state index is 10.9. The average molecular weight is 223 g/mol. The molecule has 0 unspecified atom stereocenters. The molecule has 0 saturated heterocycles. The summed E-state index contributed by atoms with van der Waals surface area (Å²) >= 11 is 0. The standard InChI is InChI=1S/C12H17NO3/c1-9(2)8-16-13-7-10-5-3-4-6-11(10)12(14)15/h3-6,9,13H,7-8H2,1-2H3,(H,14,15). The van der Waals surface area contributed by atoms with Gasteiger partial charge in [-0.1, -0.05) is 32.0 Å². The minimum Gasteiger partial charge on any atom is -0.478 e. The highest BCUT2D eigenvalue weighted by Gasteiger charge is 2.08. The maximum Gasteiger partial charge on any atom is 0.336 e. The van der Waals surface area contributed by atoms with Crippen molar-refractivity contribution in [3.8, 4) is 0 Å². The number of hydrogen-bond acceptors (Lipinski definition) is 3. The molecule has 0 amide bonds. The Morgan fingerprint density at radius 3 is 2.75 bits per heavy atom. The molecule has 1 aromatic carbocycles. The Morgan fingerprint density at radius 1 is 1.44 bits per heavy atom. The van der Waals surface area contributed by atoms with Crippen molar-refractivity contribution < 1.29 is 14.7 Å². The van der Waals surface area contributed by atoms with Crippen LogP contribution in [0.15, 0.2) is 24.3 Å². The number of carboxylic acids is 1. The lowest BCUT2D eigenvalue weighted by Gasteiger charge is -2.09. The predicted molar refractivity (Wildman–Crippen MR) is 61.0 cm³/mol. The van der Waals surface area contributed by atoms with Gasteiger partial charge in [-0.15, -0.1) is 0 Å². The van der Waals surface area contributed by atoms with Gasteiger partial charge in [0.15, 0.2) is 0 Å². The number of hydroxylamine groups is 1. The first kappa shape index (κ1) is 12.7. The fourth-order valence-electron chi connectivity index (χ4n) is 1.24. The van der Waals surface area contributed by atoms with Crippen LogP contribution < -0.4 is 5.48 Å². The van der Waals surface area contributed by atoms with Crippen molar-refractivity contribution in [2.24, 2.45) is 5.92 Å². The van der Waals surface area contributed by atoms with Crippen LogP contribution in [0.5, 0.6) is 0 Å². The van der Waals surface area contributed by atoms with Gasteiger partial charge in [0.05, 0.1) is 12.2 Å². The number of benzene rings is 1. The van der Waals surface area contributed by atoms with Gasteiger partial charge < -0.3 is 9.94 Å². The Bertz CT molecular complexity index is 350. The molecule has 4 heteroatoms. The molecule has 0 heterocycles. The van der Waals surface area contributed by atoms with Crippen LogP contribution in [0.3, 0.4) is 0 Å². The number of carbonyl (C=O) groups is 1. The van der Waals surface area contributed by atoms with E-state index in [-0.39, 0.29) is 0 Å². The fraction of sp³-hybridized carbons (Fsp3) is 0.417. The zero-order valence-electron chi connectivity index (χ0n) is 9.56. The summed E-state index contributed by atoms with van der Waals surface area (Å²) < 4.78 is 0. The molecule has 1 rings (SSSR count). The van der Waals surface area contributed by atoms with Crippen molar-refractivity contribution in [2.45, 2.75) is 20.4 Å². The lowest BCUT2D eigenvalue weighted by molar-refractivity contribution is 0.0194. The molecule has 1 aromatic rings. The van der Waals surface area contributed by atoms with Gasteiger partial charge in [0, 0.05) is 6.54 Å². The molecule has 88 valence electrons. The van der Waals surface area contributed by atoms with Crippen molar-refractivity contribution in [3.63, 3.8) is 0 Å². The van der Waals surface area contributed by atoms with E-state index < -0.39 is 5.97 Å². The van der Waals surface area contributed by atoms with Gasteiger partial charge in [-0.25, -0.2) is 4.79 Å². The van der Waals surface area contributed by atoms with Crippen LogP contribution in [-0.4, -0.2) is 17.7 Å². The zero-order chi connectivity index (χ0) is 12.0. The molecule has 0 aliphatic heterocycles. The first-order valence-corrected chi connectivity index (χ1v) is 5.27. The molecule has 0 aromatic heterocycles. The summed E-state index contributed by atoms with van der Waals surface area (Å²) in [5.74, 6) is -0.469. The van der Waals surface area contributed by atoms with Gasteiger partial charge in [-0.2, -0.15) is 5.48 Å². The SMILES string of the molecule is CC(C)CONCc1ccccc1C(=O)O. The maximum absolute atomic E-state index is 10.9. The number of rotatable bonds is 6. The van der Waals surface area contributed by atoms with E-state index in [4.69, 9.17) is 9.94 Å². The highest BCUT2D eigenvalue weighted by molar-refractivity contribution is 5.89. The average Bonchev–Trinajstić information content (AvgIpc) is 2.24. The predicted octanol–water partition coefficient (Wildman–Crippen LogP) is 2.06. The summed E-state index contributed by atoms with van der Waals surface area (Å²) in [6, 6.07) is 6.88. The molecule has 0 atom stereocenters. The second kappa shape index (κ2) is 6.25. The van der Waals surface area contributed by atoms with Gasteiger partial charge in [0.1, 0.15) is 0 Å². The number of hydrogen-bond donors (Lipinski definition) is 2. The van der Waals surface area contributed by atoms with Gasteiger partial charge in [-0.3, -0.25) is 0 Å². The van der Waals surface area contributed by atoms with E-state index in [2.05, 4.69) is 5.48 Å². The second-order valence-electron chi connectivity index (χ2n) is 3.99. The second-order valence-corrected chi connectivity index (χ2v) is 3.99. The summed E-state index contributed by atoms with van der Waals surface area (Å²) in [7, 11) is 0. The summed E-state index contributed by atoms with van der Waals surface area (Å²) in [5.41, 5.74) is 3.79. The van der Waals surface area contributed by atoms with Gasteiger partial charge >= 0.3 is 5.97 Å². The van der Waals surface area contributed by atoms with Crippen molar-refractivity contribution in [1.82, 2.24) is 5.48 Å². The lowest BCUT2D eigenvalue weighted by atomic mass is 10.1. The Kier molecular flexibility index (Phi) is 4.95. The topological polar surface area (TPSA) is 58.6 Å². The molecule has 0 fully saturated rings. The van der Waals surface area contributed by atoms with E-state index in [0.29, 0.717) is 24.6 Å². The molecule has 0 aliphatic carbocycles. The normalized spacial score (nSPS) is 10.7. The van der Waals surface area contributed by atoms with Crippen LogP contribution in [0.2, 0.25) is 0 Å². The minimum absolute atomic E-state index is 0.308. The monoisotopic (exact) mass is 223 g/mol. The third-order valence-electron chi connectivity index (χ3n) is 2.03. The Balaban J connectivity index is 2.50. The third-order valence-corrected chi connectivity index (χ3v) is 2.03. The van der Waals surface area contributed by atoms with Crippen LogP contribution in [-0.2, 0) is 11.4 Å². The highest BCUT2D eigenvalue weighted by Crippen LogP contribution is 2.08. The Hall–Kier alpha value is -1.39. The van der Waals surface area contributed by atoms with E-state index in [1.165, 1.54) is 0 Å². The van der Waals surface area contributed by atoms with Crippen molar-refractivity contribution >= 4 is 5.97 Å². The van der Waals surface area contributed by atoms with Crippen LogP contribution >= 0.6 is 0 Å². The van der Waals surface area contributed by atoms with Crippen molar-refractivity contribution in [2.75, 3.05) is 6.61 Å². The quantitative estimate of drug-likeness (QED) is 0.572. The molecule has 4 nitrogen and oxygen atoms in total. The molecule has 0 saturated carbocycles. The van der Waals surface area contributed by atoms with E-state index in [1.54, 1.807) is 18.2 Å². The van der Waals surface area contributed by atoms with Crippen molar-refractivity contribution in [1.29, 1.82) is 0 Å². The summed E-state index contributed by atoms with van der Waals surface area (Å²) in [6.45, 7) is 5.10. The third kappa shape index (κ3) is 4.00. The molecule has 0 spiro atoms. The Morgan fingerprint density at radius 2 is 2.12 bits per heavy atom. The fourth-order valence-corrected chi connectivity index (χ4v) is 1.24. The van der Waals surface area contributed by atoms with Crippen LogP contribution in [0.1, 0.15) is 29.8 Å². The summed E-state index contributed by atoms with van der Waals surface area (Å²) in [6.07, 6.45) is 0. The molecule has 16 heavy (non-hydrogen) atoms. The largest absolute Gasteiger partial charge is 0.478 e. The van der Waals surface area contributed by atoms with Gasteiger partial charge in [0.25, 0.3) is 0 Å². The molecule has 0 aliphatic rings. The van der Waals surface area contributed by atoms with E-state index in [0.717, 1.165) is 5.56 Å². The van der Waals surface area contributed by atoms with E-state index >= 15 is 0 Å². The minimum atomic E-state index is -0.916. The van der Waals surface area contributed by atoms with E-state index in [1.807, 2.05) is 19.9 Å². The van der Waals surface area contributed by atoms with Gasteiger partial charge in [0.2, 0.25) is 0 Å². The van der Waals surface area contributed by atoms with Crippen LogP contribution in [0.25, 0.3) is 0 Å². The molecular formula is C12H17NO3. The van der Waals surface area contributed by atoms with Crippen molar-refractivity contribution in [3.05, 3.63) is 35.4 Å². The molecule has 0 bridgehead atoms. The first-order chi connectivity index (χ1) is 7.61. The smallest absolute Gasteiger partial charge is 0.336 e. The van der Waals surface area contributed by atoms with Crippen LogP contribution in [0.4, 0.5) is 0 Å². The number of aromatic carboxylic acids is 1. The highest BCUT2D eigenvalue weighted by atomic mass is 16.6. The van der Waals surface area contributed by atoms with Gasteiger partial charge in [-0.05, 0) is 17.5 Å². The summed E-state index contributed by atoms with van der Waals surface area (Å²) in [5, 5.41) is 8.94. The lowest BCUT2D eigenvalue weighted by Crippen LogP contribution is -2.19. The van der Waals surface area contributed by atoms with Crippen LogP contribution in [0, 0.1) is 5.92 Å². The molecule has 2 N–H and O–H groups in total. The molecule has 0 radical (unpaired) electrons. The number of carboxylic acid groups (broad SMARTS) is 1. The molecular weight excluding hydrogens is 206 g/mol.